The van der Waals surface area contributed by atoms with Gasteiger partial charge in [0, 0.05) is 10.5 Å². The van der Waals surface area contributed by atoms with Crippen LogP contribution in [0.1, 0.15) is 15.9 Å². The Morgan fingerprint density at radius 2 is 2.13 bits per heavy atom. The SMILES string of the molecule is Cl.NC(=O)c1ccc(O)c(C[N+](=O)[O-])c1. The predicted octanol–water partition coefficient (Wildman–Crippen LogP) is 0.690. The maximum atomic E-state index is 10.7. The molecule has 0 aliphatic heterocycles. The predicted molar refractivity (Wildman–Crippen MR) is 54.6 cm³/mol. The van der Waals surface area contributed by atoms with E-state index in [1.54, 1.807) is 0 Å². The van der Waals surface area contributed by atoms with E-state index in [1.807, 2.05) is 0 Å². The number of carbonyl (C=O) groups is 1. The lowest BCUT2D eigenvalue weighted by Crippen LogP contribution is -2.11. The van der Waals surface area contributed by atoms with Gasteiger partial charge in [-0.25, -0.2) is 0 Å². The van der Waals surface area contributed by atoms with E-state index >= 15 is 0 Å². The van der Waals surface area contributed by atoms with Crippen molar-refractivity contribution in [3.8, 4) is 5.75 Å². The van der Waals surface area contributed by atoms with Crippen molar-refractivity contribution in [2.75, 3.05) is 0 Å². The Labute approximate surface area is 91.3 Å². The second-order valence-corrected chi connectivity index (χ2v) is 2.70. The number of phenolic OH excluding ortho intramolecular Hbond substituents is 1. The first-order chi connectivity index (χ1) is 6.50. The van der Waals surface area contributed by atoms with E-state index in [4.69, 9.17) is 5.73 Å². The van der Waals surface area contributed by atoms with Crippen LogP contribution in [0, 0.1) is 10.1 Å². The number of halogens is 1. The smallest absolute Gasteiger partial charge is 0.248 e. The zero-order valence-electron chi connectivity index (χ0n) is 7.54. The Hall–Kier alpha value is -1.82. The lowest BCUT2D eigenvalue weighted by atomic mass is 10.1. The lowest BCUT2D eigenvalue weighted by Gasteiger charge is -2.01. The first-order valence-electron chi connectivity index (χ1n) is 3.74. The molecule has 0 saturated heterocycles. The van der Waals surface area contributed by atoms with Crippen molar-refractivity contribution in [3.63, 3.8) is 0 Å². The van der Waals surface area contributed by atoms with Crippen molar-refractivity contribution in [1.29, 1.82) is 0 Å². The largest absolute Gasteiger partial charge is 0.507 e. The Morgan fingerprint density at radius 1 is 1.53 bits per heavy atom. The van der Waals surface area contributed by atoms with Gasteiger partial charge in [0.2, 0.25) is 12.5 Å². The molecule has 0 unspecified atom stereocenters. The van der Waals surface area contributed by atoms with Crippen LogP contribution in [-0.4, -0.2) is 15.9 Å². The molecule has 1 amide bonds. The summed E-state index contributed by atoms with van der Waals surface area (Å²) in [7, 11) is 0. The van der Waals surface area contributed by atoms with Gasteiger partial charge in [-0.15, -0.1) is 12.4 Å². The second kappa shape index (κ2) is 5.16. The number of carbonyl (C=O) groups excluding carboxylic acids is 1. The number of nitrogens with two attached hydrogens (primary N) is 1. The highest BCUT2D eigenvalue weighted by Gasteiger charge is 2.10. The van der Waals surface area contributed by atoms with Crippen LogP contribution in [0.5, 0.6) is 5.75 Å². The van der Waals surface area contributed by atoms with Gasteiger partial charge in [0.25, 0.3) is 0 Å². The van der Waals surface area contributed by atoms with Crippen LogP contribution < -0.4 is 5.73 Å². The summed E-state index contributed by atoms with van der Waals surface area (Å²) >= 11 is 0. The third kappa shape index (κ3) is 3.43. The van der Waals surface area contributed by atoms with Crippen molar-refractivity contribution in [2.45, 2.75) is 6.54 Å². The van der Waals surface area contributed by atoms with E-state index in [9.17, 15) is 20.0 Å². The highest BCUT2D eigenvalue weighted by Crippen LogP contribution is 2.18. The number of benzene rings is 1. The average Bonchev–Trinajstić information content (AvgIpc) is 2.07. The van der Waals surface area contributed by atoms with Crippen LogP contribution in [0.4, 0.5) is 0 Å². The Morgan fingerprint density at radius 3 is 2.60 bits per heavy atom. The minimum Gasteiger partial charge on any atom is -0.507 e. The van der Waals surface area contributed by atoms with Gasteiger partial charge in [0.1, 0.15) is 5.75 Å². The third-order valence-corrected chi connectivity index (χ3v) is 1.66. The molecule has 1 rings (SSSR count). The van der Waals surface area contributed by atoms with Gasteiger partial charge < -0.3 is 10.8 Å². The number of amides is 1. The molecular formula is C8H9ClN2O4. The molecule has 3 N–H and O–H groups in total. The molecule has 6 nitrogen and oxygen atoms in total. The molecule has 0 radical (unpaired) electrons. The number of hydrogen-bond acceptors (Lipinski definition) is 4. The second-order valence-electron chi connectivity index (χ2n) is 2.70. The summed E-state index contributed by atoms with van der Waals surface area (Å²) in [6.07, 6.45) is 0. The molecule has 0 fully saturated rings. The van der Waals surface area contributed by atoms with Crippen LogP contribution in [-0.2, 0) is 6.54 Å². The van der Waals surface area contributed by atoms with E-state index in [1.165, 1.54) is 18.2 Å². The molecule has 0 atom stereocenters. The zero-order chi connectivity index (χ0) is 10.7. The van der Waals surface area contributed by atoms with Crippen LogP contribution >= 0.6 is 12.4 Å². The first kappa shape index (κ1) is 13.2. The van der Waals surface area contributed by atoms with Gasteiger partial charge in [-0.05, 0) is 18.2 Å². The van der Waals surface area contributed by atoms with Crippen molar-refractivity contribution in [2.24, 2.45) is 5.73 Å². The molecule has 15 heavy (non-hydrogen) atoms. The van der Waals surface area contributed by atoms with Crippen molar-refractivity contribution in [3.05, 3.63) is 39.4 Å². The van der Waals surface area contributed by atoms with Gasteiger partial charge >= 0.3 is 0 Å². The Bertz CT molecular complexity index is 394. The van der Waals surface area contributed by atoms with Gasteiger partial charge in [-0.2, -0.15) is 0 Å². The minimum absolute atomic E-state index is 0. The van der Waals surface area contributed by atoms with E-state index in [0.717, 1.165) is 0 Å². The number of rotatable bonds is 3. The highest BCUT2D eigenvalue weighted by atomic mass is 35.5. The maximum absolute atomic E-state index is 10.7. The summed E-state index contributed by atoms with van der Waals surface area (Å²) in [5.74, 6) is -0.902. The number of phenols is 1. The standard InChI is InChI=1S/C8H8N2O4.ClH/c9-8(12)5-1-2-7(11)6(3-5)4-10(13)14;/h1-3,11H,4H2,(H2,9,12);1H. The highest BCUT2D eigenvalue weighted by molar-refractivity contribution is 5.93. The van der Waals surface area contributed by atoms with Gasteiger partial charge in [-0.3, -0.25) is 14.9 Å². The molecule has 0 aliphatic rings. The fourth-order valence-electron chi connectivity index (χ4n) is 1.00. The summed E-state index contributed by atoms with van der Waals surface area (Å²) in [5.41, 5.74) is 5.19. The molecule has 0 spiro atoms. The topological polar surface area (TPSA) is 106 Å². The number of nitro groups is 1. The molecule has 82 valence electrons. The summed E-state index contributed by atoms with van der Waals surface area (Å²) in [6, 6.07) is 3.72. The van der Waals surface area contributed by atoms with E-state index < -0.39 is 17.4 Å². The van der Waals surface area contributed by atoms with Crippen LogP contribution in [0.3, 0.4) is 0 Å². The fraction of sp³-hybridized carbons (Fsp3) is 0.125. The van der Waals surface area contributed by atoms with Crippen LogP contribution in [0.15, 0.2) is 18.2 Å². The van der Waals surface area contributed by atoms with Crippen molar-refractivity contribution < 1.29 is 14.8 Å². The molecular weight excluding hydrogens is 224 g/mol. The van der Waals surface area contributed by atoms with Gasteiger partial charge in [0.15, 0.2) is 0 Å². The Balaban J connectivity index is 0.00000196. The quantitative estimate of drug-likeness (QED) is 0.591. The normalized spacial score (nSPS) is 9.07. The molecule has 1 aromatic rings. The number of primary amides is 1. The van der Waals surface area contributed by atoms with Gasteiger partial charge in [0.05, 0.1) is 5.56 Å². The van der Waals surface area contributed by atoms with E-state index in [-0.39, 0.29) is 29.3 Å². The number of hydrogen-bond donors (Lipinski definition) is 2. The van der Waals surface area contributed by atoms with Crippen LogP contribution in [0.2, 0.25) is 0 Å². The zero-order valence-corrected chi connectivity index (χ0v) is 8.36. The molecule has 0 aromatic heterocycles. The van der Waals surface area contributed by atoms with Crippen LogP contribution in [0.25, 0.3) is 0 Å². The molecule has 0 bridgehead atoms. The molecule has 7 heteroatoms. The number of nitrogens with zero attached hydrogens (tertiary/aromatic N) is 1. The molecule has 0 heterocycles. The summed E-state index contributed by atoms with van der Waals surface area (Å²) in [6.45, 7) is -0.535. The maximum Gasteiger partial charge on any atom is 0.248 e. The minimum atomic E-state index is -0.686. The summed E-state index contributed by atoms with van der Waals surface area (Å²) in [4.78, 5) is 20.3. The van der Waals surface area contributed by atoms with Gasteiger partial charge in [-0.1, -0.05) is 0 Å². The van der Waals surface area contributed by atoms with E-state index in [2.05, 4.69) is 0 Å². The lowest BCUT2D eigenvalue weighted by molar-refractivity contribution is -0.496. The molecule has 0 saturated carbocycles. The van der Waals surface area contributed by atoms with E-state index in [0.29, 0.717) is 0 Å². The Kier molecular flexibility index (Phi) is 4.53. The number of aromatic hydroxyl groups is 1. The average molecular weight is 233 g/mol. The first-order valence-corrected chi connectivity index (χ1v) is 3.74. The van der Waals surface area contributed by atoms with Crippen molar-refractivity contribution >= 4 is 18.3 Å². The monoisotopic (exact) mass is 232 g/mol. The molecule has 0 aliphatic carbocycles. The third-order valence-electron chi connectivity index (χ3n) is 1.66. The molecule has 1 aromatic carbocycles. The fourth-order valence-corrected chi connectivity index (χ4v) is 1.00. The summed E-state index contributed by atoms with van der Waals surface area (Å²) < 4.78 is 0. The van der Waals surface area contributed by atoms with Crippen molar-refractivity contribution in [1.82, 2.24) is 0 Å². The summed E-state index contributed by atoms with van der Waals surface area (Å²) in [5, 5.41) is 19.4.